The highest BCUT2D eigenvalue weighted by molar-refractivity contribution is 5.93. The van der Waals surface area contributed by atoms with E-state index in [9.17, 15) is 9.59 Å². The van der Waals surface area contributed by atoms with Crippen LogP contribution in [0.3, 0.4) is 0 Å². The zero-order valence-corrected chi connectivity index (χ0v) is 16.7. The summed E-state index contributed by atoms with van der Waals surface area (Å²) in [5, 5.41) is 0. The first-order chi connectivity index (χ1) is 12.6. The molecule has 1 aromatic rings. The maximum Gasteiger partial charge on any atom is 0.230 e. The van der Waals surface area contributed by atoms with Crippen molar-refractivity contribution in [3.63, 3.8) is 0 Å². The predicted octanol–water partition coefficient (Wildman–Crippen LogP) is 1.23. The number of likely N-dealkylation sites (tertiary alicyclic amines) is 1. The average Bonchev–Trinajstić information content (AvgIpc) is 3.33. The molecule has 2 amide bonds. The molecule has 7 heteroatoms. The van der Waals surface area contributed by atoms with Crippen LogP contribution in [-0.2, 0) is 20.9 Å². The summed E-state index contributed by atoms with van der Waals surface area (Å²) in [6, 6.07) is 0. The van der Waals surface area contributed by atoms with Crippen LogP contribution in [0.2, 0.25) is 0 Å². The van der Waals surface area contributed by atoms with Gasteiger partial charge >= 0.3 is 0 Å². The summed E-state index contributed by atoms with van der Waals surface area (Å²) >= 11 is 0. The molecule has 4 rings (SSSR count). The lowest BCUT2D eigenvalue weighted by Gasteiger charge is -2.34. The van der Waals surface area contributed by atoms with Crippen molar-refractivity contribution >= 4 is 11.8 Å². The van der Waals surface area contributed by atoms with E-state index in [-0.39, 0.29) is 23.5 Å². The molecule has 0 unspecified atom stereocenters. The van der Waals surface area contributed by atoms with E-state index in [0.717, 1.165) is 5.82 Å². The van der Waals surface area contributed by atoms with E-state index in [2.05, 4.69) is 4.98 Å². The summed E-state index contributed by atoms with van der Waals surface area (Å²) in [7, 11) is 1.80. The van der Waals surface area contributed by atoms with Crippen LogP contribution in [-0.4, -0.2) is 68.5 Å². The lowest BCUT2D eigenvalue weighted by atomic mass is 9.76. The second-order valence-corrected chi connectivity index (χ2v) is 8.92. The highest BCUT2D eigenvalue weighted by Crippen LogP contribution is 2.53. The first-order valence-corrected chi connectivity index (χ1v) is 9.55. The number of imidazole rings is 1. The maximum absolute atomic E-state index is 13.2. The van der Waals surface area contributed by atoms with Gasteiger partial charge in [0.2, 0.25) is 11.8 Å². The normalized spacial score (nSPS) is 31.7. The van der Waals surface area contributed by atoms with Gasteiger partial charge in [-0.3, -0.25) is 9.59 Å². The summed E-state index contributed by atoms with van der Waals surface area (Å²) in [6.45, 7) is 9.78. The Bertz CT molecular complexity index is 808. The van der Waals surface area contributed by atoms with Crippen LogP contribution in [0, 0.1) is 18.8 Å². The number of rotatable bonds is 4. The number of carbonyl (C=O) groups excluding carboxylic acids is 2. The van der Waals surface area contributed by atoms with Crippen molar-refractivity contribution in [3.05, 3.63) is 30.4 Å². The quantitative estimate of drug-likeness (QED) is 0.746. The number of aromatic nitrogens is 2. The molecule has 0 N–H and O–H groups in total. The molecule has 1 aromatic heterocycles. The average molecular weight is 372 g/mol. The van der Waals surface area contributed by atoms with Crippen molar-refractivity contribution in [2.75, 3.05) is 20.1 Å². The van der Waals surface area contributed by atoms with Gasteiger partial charge < -0.3 is 19.1 Å². The fraction of sp³-hybridized carbons (Fsp3) is 0.650. The molecule has 27 heavy (non-hydrogen) atoms. The number of aryl methyl sites for hydroxylation is 1. The third-order valence-electron chi connectivity index (χ3n) is 6.17. The lowest BCUT2D eigenvalue weighted by molar-refractivity contribution is -0.144. The minimum Gasteiger partial charge on any atom is -0.360 e. The largest absolute Gasteiger partial charge is 0.360 e. The van der Waals surface area contributed by atoms with Gasteiger partial charge in [-0.05, 0) is 27.7 Å². The van der Waals surface area contributed by atoms with Crippen molar-refractivity contribution < 1.29 is 14.3 Å². The fourth-order valence-electron chi connectivity index (χ4n) is 4.61. The Balaban J connectivity index is 1.52. The highest BCUT2D eigenvalue weighted by atomic mass is 16.5. The van der Waals surface area contributed by atoms with Gasteiger partial charge in [-0.25, -0.2) is 4.98 Å². The minimum absolute atomic E-state index is 0.0156. The topological polar surface area (TPSA) is 67.7 Å². The molecule has 0 saturated carbocycles. The summed E-state index contributed by atoms with van der Waals surface area (Å²) in [4.78, 5) is 34.2. The predicted molar refractivity (Wildman–Crippen MR) is 99.8 cm³/mol. The Morgan fingerprint density at radius 2 is 2.19 bits per heavy atom. The summed E-state index contributed by atoms with van der Waals surface area (Å²) in [6.07, 6.45) is 7.34. The number of hydrogen-bond acceptors (Lipinski definition) is 4. The SMILES string of the molecule is Cc1nccn1CCN(C)C(=O)[C@H]1[C@@H]2C=C[C@@]3(CN(C(C)(C)C)C(=O)[C@H]13)O2. The van der Waals surface area contributed by atoms with E-state index in [1.807, 2.05) is 55.5 Å². The van der Waals surface area contributed by atoms with Gasteiger partial charge in [0.25, 0.3) is 0 Å². The molecule has 3 aliphatic rings. The number of carbonyl (C=O) groups is 2. The lowest BCUT2D eigenvalue weighted by Crippen LogP contribution is -2.47. The van der Waals surface area contributed by atoms with E-state index in [1.165, 1.54) is 0 Å². The summed E-state index contributed by atoms with van der Waals surface area (Å²) in [5.41, 5.74) is -0.930. The third-order valence-corrected chi connectivity index (χ3v) is 6.17. The number of likely N-dealkylation sites (N-methyl/N-ethyl adjacent to an activating group) is 1. The monoisotopic (exact) mass is 372 g/mol. The van der Waals surface area contributed by atoms with Crippen molar-refractivity contribution in [1.29, 1.82) is 0 Å². The summed E-state index contributed by atoms with van der Waals surface area (Å²) in [5.74, 6) is 0.0813. The van der Waals surface area contributed by atoms with Crippen LogP contribution in [0.5, 0.6) is 0 Å². The van der Waals surface area contributed by atoms with Crippen LogP contribution in [0.15, 0.2) is 24.5 Å². The highest BCUT2D eigenvalue weighted by Gasteiger charge is 2.68. The smallest absolute Gasteiger partial charge is 0.230 e. The Hall–Kier alpha value is -2.15. The van der Waals surface area contributed by atoms with Crippen LogP contribution >= 0.6 is 0 Å². The van der Waals surface area contributed by atoms with Crippen LogP contribution < -0.4 is 0 Å². The molecule has 0 radical (unpaired) electrons. The molecule has 4 atom stereocenters. The Morgan fingerprint density at radius 3 is 2.81 bits per heavy atom. The Kier molecular flexibility index (Phi) is 4.00. The number of amides is 2. The van der Waals surface area contributed by atoms with Crippen LogP contribution in [0.4, 0.5) is 0 Å². The van der Waals surface area contributed by atoms with E-state index < -0.39 is 17.4 Å². The number of fused-ring (bicyclic) bond motifs is 1. The van der Waals surface area contributed by atoms with Gasteiger partial charge in [0.1, 0.15) is 11.4 Å². The second-order valence-electron chi connectivity index (χ2n) is 8.92. The molecule has 2 fully saturated rings. The summed E-state index contributed by atoms with van der Waals surface area (Å²) < 4.78 is 8.22. The van der Waals surface area contributed by atoms with Gasteiger partial charge in [0.15, 0.2) is 0 Å². The van der Waals surface area contributed by atoms with Crippen molar-refractivity contribution in [2.24, 2.45) is 11.8 Å². The second kappa shape index (κ2) is 5.92. The Morgan fingerprint density at radius 1 is 1.44 bits per heavy atom. The molecule has 146 valence electrons. The van der Waals surface area contributed by atoms with Crippen molar-refractivity contribution in [2.45, 2.75) is 51.5 Å². The molecular weight excluding hydrogens is 344 g/mol. The molecule has 0 aromatic carbocycles. The van der Waals surface area contributed by atoms with Gasteiger partial charge in [0, 0.05) is 38.1 Å². The van der Waals surface area contributed by atoms with Crippen molar-refractivity contribution in [3.8, 4) is 0 Å². The van der Waals surface area contributed by atoms with E-state index in [4.69, 9.17) is 4.74 Å². The number of ether oxygens (including phenoxy) is 1. The molecule has 0 aliphatic carbocycles. The Labute approximate surface area is 160 Å². The molecule has 3 aliphatic heterocycles. The maximum atomic E-state index is 13.2. The van der Waals surface area contributed by atoms with E-state index in [1.54, 1.807) is 18.1 Å². The first-order valence-electron chi connectivity index (χ1n) is 9.55. The van der Waals surface area contributed by atoms with Crippen LogP contribution in [0.1, 0.15) is 26.6 Å². The van der Waals surface area contributed by atoms with Crippen LogP contribution in [0.25, 0.3) is 0 Å². The fourth-order valence-corrected chi connectivity index (χ4v) is 4.61. The van der Waals surface area contributed by atoms with E-state index >= 15 is 0 Å². The number of nitrogens with zero attached hydrogens (tertiary/aromatic N) is 4. The van der Waals surface area contributed by atoms with Crippen molar-refractivity contribution in [1.82, 2.24) is 19.4 Å². The van der Waals surface area contributed by atoms with Gasteiger partial charge in [-0.15, -0.1) is 0 Å². The standard InChI is InChI=1S/C20H28N4O3/c1-13-21-8-9-23(13)11-10-22(5)17(25)15-14-6-7-20(27-14)12-24(19(2,3)4)18(26)16(15)20/h6-9,14-16H,10-12H2,1-5H3/t14-,15-,16-,20-/m0/s1. The van der Waals surface area contributed by atoms with E-state index in [0.29, 0.717) is 19.6 Å². The zero-order valence-electron chi connectivity index (χ0n) is 16.7. The molecule has 1 spiro atoms. The first kappa shape index (κ1) is 18.2. The molecular formula is C20H28N4O3. The third kappa shape index (κ3) is 2.71. The van der Waals surface area contributed by atoms with Gasteiger partial charge in [-0.1, -0.05) is 12.2 Å². The molecule has 2 bridgehead atoms. The molecule has 2 saturated heterocycles. The van der Waals surface area contributed by atoms with Gasteiger partial charge in [-0.2, -0.15) is 0 Å². The molecule has 7 nitrogen and oxygen atoms in total. The zero-order chi connectivity index (χ0) is 19.6. The molecule has 4 heterocycles. The number of hydrogen-bond donors (Lipinski definition) is 0. The minimum atomic E-state index is -0.642. The van der Waals surface area contributed by atoms with Gasteiger partial charge in [0.05, 0.1) is 24.5 Å².